The van der Waals surface area contributed by atoms with Crippen LogP contribution in [0.25, 0.3) is 0 Å². The van der Waals surface area contributed by atoms with Crippen LogP contribution in [0.1, 0.15) is 19.8 Å². The minimum absolute atomic E-state index is 0.421. The summed E-state index contributed by atoms with van der Waals surface area (Å²) < 4.78 is 12.8. The summed E-state index contributed by atoms with van der Waals surface area (Å²) in [5.41, 5.74) is 1.26. The summed E-state index contributed by atoms with van der Waals surface area (Å²) >= 11 is 1.80. The summed E-state index contributed by atoms with van der Waals surface area (Å²) in [6, 6.07) is 0. The van der Waals surface area contributed by atoms with Gasteiger partial charge in [-0.2, -0.15) is 0 Å². The lowest BCUT2D eigenvalue weighted by Crippen LogP contribution is -2.23. The Balaban J connectivity index is 1.99. The van der Waals surface area contributed by atoms with E-state index in [1.54, 1.807) is 17.8 Å². The summed E-state index contributed by atoms with van der Waals surface area (Å²) in [5.74, 6) is 0.421. The van der Waals surface area contributed by atoms with Gasteiger partial charge in [0.25, 0.3) is 0 Å². The van der Waals surface area contributed by atoms with Gasteiger partial charge in [-0.05, 0) is 25.2 Å². The van der Waals surface area contributed by atoms with Crippen LogP contribution in [0.4, 0.5) is 4.39 Å². The quantitative estimate of drug-likeness (QED) is 0.652. The average Bonchev–Trinajstić information content (AvgIpc) is 2.53. The number of rotatable bonds is 1. The van der Waals surface area contributed by atoms with E-state index in [0.29, 0.717) is 17.7 Å². The van der Waals surface area contributed by atoms with E-state index in [1.165, 1.54) is 5.70 Å². The SMILES string of the molecule is C[C@H]1NC([C@H]2C=C[C@@H](F)CC2)=CS1. The monoisotopic (exact) mass is 199 g/mol. The summed E-state index contributed by atoms with van der Waals surface area (Å²) in [5, 5.41) is 6.03. The fourth-order valence-electron chi connectivity index (χ4n) is 1.72. The minimum Gasteiger partial charge on any atom is -0.376 e. The number of hydrogen-bond donors (Lipinski definition) is 1. The predicted octanol–water partition coefficient (Wildman–Crippen LogP) is 2.81. The van der Waals surface area contributed by atoms with Crippen molar-refractivity contribution in [1.82, 2.24) is 5.32 Å². The molecular weight excluding hydrogens is 185 g/mol. The summed E-state index contributed by atoms with van der Waals surface area (Å²) in [6.07, 6.45) is 4.56. The Morgan fingerprint density at radius 2 is 2.31 bits per heavy atom. The smallest absolute Gasteiger partial charge is 0.118 e. The number of nitrogens with one attached hydrogen (secondary N) is 1. The Kier molecular flexibility index (Phi) is 2.63. The number of hydrogen-bond acceptors (Lipinski definition) is 2. The van der Waals surface area contributed by atoms with Gasteiger partial charge in [0.05, 0.1) is 5.37 Å². The van der Waals surface area contributed by atoms with Gasteiger partial charge in [0, 0.05) is 11.6 Å². The molecule has 3 atom stereocenters. The van der Waals surface area contributed by atoms with Crippen molar-refractivity contribution in [3.05, 3.63) is 23.3 Å². The molecule has 1 aliphatic heterocycles. The van der Waals surface area contributed by atoms with Gasteiger partial charge in [-0.1, -0.05) is 12.2 Å². The van der Waals surface area contributed by atoms with Crippen LogP contribution in [0.3, 0.4) is 0 Å². The molecule has 3 heteroatoms. The summed E-state index contributed by atoms with van der Waals surface area (Å²) in [4.78, 5) is 0. The van der Waals surface area contributed by atoms with Crippen molar-refractivity contribution >= 4 is 11.8 Å². The van der Waals surface area contributed by atoms with E-state index in [4.69, 9.17) is 0 Å². The first kappa shape index (κ1) is 9.13. The largest absolute Gasteiger partial charge is 0.376 e. The summed E-state index contributed by atoms with van der Waals surface area (Å²) in [7, 11) is 0. The predicted molar refractivity (Wildman–Crippen MR) is 55.0 cm³/mol. The van der Waals surface area contributed by atoms with Crippen LogP contribution in [-0.4, -0.2) is 11.5 Å². The van der Waals surface area contributed by atoms with Gasteiger partial charge in [0.15, 0.2) is 0 Å². The summed E-state index contributed by atoms with van der Waals surface area (Å²) in [6.45, 7) is 2.14. The minimum atomic E-state index is -0.719. The molecule has 0 saturated heterocycles. The van der Waals surface area contributed by atoms with Gasteiger partial charge >= 0.3 is 0 Å². The van der Waals surface area contributed by atoms with Gasteiger partial charge in [-0.3, -0.25) is 0 Å². The first-order valence-electron chi connectivity index (χ1n) is 4.70. The zero-order valence-corrected chi connectivity index (χ0v) is 8.48. The maximum absolute atomic E-state index is 12.8. The third-order valence-corrected chi connectivity index (χ3v) is 3.39. The Morgan fingerprint density at radius 1 is 1.46 bits per heavy atom. The van der Waals surface area contributed by atoms with E-state index in [2.05, 4.69) is 17.6 Å². The number of thioether (sulfide) groups is 1. The Morgan fingerprint density at radius 3 is 2.85 bits per heavy atom. The lowest BCUT2D eigenvalue weighted by Gasteiger charge is -2.20. The van der Waals surface area contributed by atoms with Gasteiger partial charge in [0.1, 0.15) is 6.17 Å². The highest BCUT2D eigenvalue weighted by atomic mass is 32.2. The molecule has 0 unspecified atom stereocenters. The molecule has 0 bridgehead atoms. The normalized spacial score (nSPS) is 38.6. The van der Waals surface area contributed by atoms with Gasteiger partial charge in [-0.25, -0.2) is 4.39 Å². The van der Waals surface area contributed by atoms with Gasteiger partial charge in [-0.15, -0.1) is 11.8 Å². The van der Waals surface area contributed by atoms with Gasteiger partial charge < -0.3 is 5.32 Å². The van der Waals surface area contributed by atoms with Crippen LogP contribution in [0.15, 0.2) is 23.3 Å². The molecule has 0 radical (unpaired) electrons. The van der Waals surface area contributed by atoms with Crippen LogP contribution in [0, 0.1) is 5.92 Å². The lowest BCUT2D eigenvalue weighted by molar-refractivity contribution is 0.342. The fraction of sp³-hybridized carbons (Fsp3) is 0.600. The first-order valence-corrected chi connectivity index (χ1v) is 5.64. The molecule has 1 heterocycles. The van der Waals surface area contributed by atoms with Crippen molar-refractivity contribution < 1.29 is 4.39 Å². The lowest BCUT2D eigenvalue weighted by atomic mass is 9.92. The highest BCUT2D eigenvalue weighted by molar-refractivity contribution is 8.02. The van der Waals surface area contributed by atoms with E-state index >= 15 is 0 Å². The molecule has 0 aromatic carbocycles. The third kappa shape index (κ3) is 2.08. The second kappa shape index (κ2) is 3.74. The van der Waals surface area contributed by atoms with Crippen molar-refractivity contribution in [2.45, 2.75) is 31.3 Å². The second-order valence-corrected chi connectivity index (χ2v) is 4.80. The maximum Gasteiger partial charge on any atom is 0.118 e. The van der Waals surface area contributed by atoms with Gasteiger partial charge in [0.2, 0.25) is 0 Å². The zero-order chi connectivity index (χ0) is 9.26. The molecule has 72 valence electrons. The van der Waals surface area contributed by atoms with Crippen LogP contribution >= 0.6 is 11.8 Å². The molecule has 1 nitrogen and oxygen atoms in total. The molecule has 0 aromatic rings. The van der Waals surface area contributed by atoms with E-state index in [9.17, 15) is 4.39 Å². The van der Waals surface area contributed by atoms with Crippen LogP contribution in [0.2, 0.25) is 0 Å². The topological polar surface area (TPSA) is 12.0 Å². The van der Waals surface area contributed by atoms with E-state index in [-0.39, 0.29) is 0 Å². The number of halogens is 1. The Hall–Kier alpha value is -0.440. The van der Waals surface area contributed by atoms with Crippen LogP contribution in [0.5, 0.6) is 0 Å². The van der Waals surface area contributed by atoms with Crippen LogP contribution < -0.4 is 5.32 Å². The standard InChI is InChI=1S/C10H14FNS/c1-7-12-10(6-13-7)8-2-4-9(11)5-3-8/h2,4,6-9,12H,3,5H2,1H3/t7-,8-,9+/m0/s1. The average molecular weight is 199 g/mol. The molecule has 0 spiro atoms. The molecule has 0 saturated carbocycles. The molecule has 2 rings (SSSR count). The molecular formula is C10H14FNS. The molecule has 1 N–H and O–H groups in total. The maximum atomic E-state index is 12.8. The molecule has 2 aliphatic rings. The van der Waals surface area contributed by atoms with E-state index < -0.39 is 6.17 Å². The number of alkyl halides is 1. The zero-order valence-electron chi connectivity index (χ0n) is 7.66. The van der Waals surface area contributed by atoms with Crippen molar-refractivity contribution in [1.29, 1.82) is 0 Å². The Labute approximate surface area is 82.5 Å². The van der Waals surface area contributed by atoms with Crippen molar-refractivity contribution in [2.75, 3.05) is 0 Å². The second-order valence-electron chi connectivity index (χ2n) is 3.58. The highest BCUT2D eigenvalue weighted by Gasteiger charge is 2.22. The van der Waals surface area contributed by atoms with Crippen molar-refractivity contribution in [3.8, 4) is 0 Å². The van der Waals surface area contributed by atoms with E-state index in [1.807, 2.05) is 6.08 Å². The highest BCUT2D eigenvalue weighted by Crippen LogP contribution is 2.31. The molecule has 0 aromatic heterocycles. The van der Waals surface area contributed by atoms with Crippen molar-refractivity contribution in [2.24, 2.45) is 5.92 Å². The first-order chi connectivity index (χ1) is 6.25. The fourth-order valence-corrected chi connectivity index (χ4v) is 2.52. The Bertz CT molecular complexity index is 249. The van der Waals surface area contributed by atoms with Crippen LogP contribution in [-0.2, 0) is 0 Å². The molecule has 1 aliphatic carbocycles. The number of allylic oxidation sites excluding steroid dienone is 2. The molecule has 0 amide bonds. The molecule has 13 heavy (non-hydrogen) atoms. The van der Waals surface area contributed by atoms with E-state index in [0.717, 1.165) is 6.42 Å². The molecule has 0 fully saturated rings. The van der Waals surface area contributed by atoms with Crippen molar-refractivity contribution in [3.63, 3.8) is 0 Å². The third-order valence-electron chi connectivity index (χ3n) is 2.47.